The van der Waals surface area contributed by atoms with Crippen molar-refractivity contribution in [3.63, 3.8) is 0 Å². The third-order valence-electron chi connectivity index (χ3n) is 2.93. The zero-order valence-electron chi connectivity index (χ0n) is 11.3. The fourth-order valence-corrected chi connectivity index (χ4v) is 1.83. The molecule has 0 atom stereocenters. The zero-order valence-corrected chi connectivity index (χ0v) is 11.3. The Bertz CT molecular complexity index is 631. The van der Waals surface area contributed by atoms with E-state index >= 15 is 0 Å². The molecule has 19 heavy (non-hydrogen) atoms. The Balaban J connectivity index is 2.18. The first-order valence-corrected chi connectivity index (χ1v) is 6.10. The molecular weight excluding hydrogens is 244 g/mol. The number of hydrogen-bond acceptors (Lipinski definition) is 4. The molecule has 2 rings (SSSR count). The number of rotatable bonds is 4. The Morgan fingerprint density at radius 2 is 2.05 bits per heavy atom. The lowest BCUT2D eigenvalue weighted by Crippen LogP contribution is -2.26. The van der Waals surface area contributed by atoms with E-state index < -0.39 is 0 Å². The van der Waals surface area contributed by atoms with Gasteiger partial charge in [0.05, 0.1) is 0 Å². The van der Waals surface area contributed by atoms with Crippen LogP contribution in [0.2, 0.25) is 0 Å². The van der Waals surface area contributed by atoms with Gasteiger partial charge in [0.1, 0.15) is 11.3 Å². The molecule has 0 aliphatic heterocycles. The highest BCUT2D eigenvalue weighted by molar-refractivity contribution is 5.96. The Kier molecular flexibility index (Phi) is 3.64. The highest BCUT2D eigenvalue weighted by atomic mass is 16.3. The SMILES string of the molecule is CC(=O)CCC(=O)N(C)c1ccc2oc(C)nc2c1. The highest BCUT2D eigenvalue weighted by Crippen LogP contribution is 2.22. The van der Waals surface area contributed by atoms with E-state index in [-0.39, 0.29) is 24.5 Å². The maximum absolute atomic E-state index is 11.9. The zero-order chi connectivity index (χ0) is 14.0. The highest BCUT2D eigenvalue weighted by Gasteiger charge is 2.13. The second-order valence-electron chi connectivity index (χ2n) is 4.54. The number of aryl methyl sites for hydroxylation is 1. The molecule has 0 saturated carbocycles. The van der Waals surface area contributed by atoms with Gasteiger partial charge in [-0.1, -0.05) is 0 Å². The first kappa shape index (κ1) is 13.3. The average molecular weight is 260 g/mol. The third kappa shape index (κ3) is 2.99. The number of Topliss-reactive ketones (excluding diaryl/α,β-unsaturated/α-hetero) is 1. The van der Waals surface area contributed by atoms with Crippen LogP contribution in [0.1, 0.15) is 25.7 Å². The molecule has 0 fully saturated rings. The predicted octanol–water partition coefficient (Wildman–Crippen LogP) is 2.47. The Labute approximate surface area is 111 Å². The molecule has 2 aromatic rings. The molecule has 5 nitrogen and oxygen atoms in total. The molecule has 1 aromatic carbocycles. The van der Waals surface area contributed by atoms with Crippen molar-refractivity contribution in [2.24, 2.45) is 0 Å². The normalized spacial score (nSPS) is 10.7. The first-order chi connectivity index (χ1) is 8.97. The number of nitrogens with zero attached hydrogens (tertiary/aromatic N) is 2. The molecule has 0 bridgehead atoms. The first-order valence-electron chi connectivity index (χ1n) is 6.10. The Hall–Kier alpha value is -2.17. The number of aromatic nitrogens is 1. The fourth-order valence-electron chi connectivity index (χ4n) is 1.83. The van der Waals surface area contributed by atoms with E-state index in [2.05, 4.69) is 4.98 Å². The molecule has 1 heterocycles. The van der Waals surface area contributed by atoms with Crippen LogP contribution in [0.4, 0.5) is 5.69 Å². The molecule has 0 aliphatic carbocycles. The lowest BCUT2D eigenvalue weighted by Gasteiger charge is -2.16. The summed E-state index contributed by atoms with van der Waals surface area (Å²) in [5, 5.41) is 0. The van der Waals surface area contributed by atoms with Crippen molar-refractivity contribution in [1.82, 2.24) is 4.98 Å². The van der Waals surface area contributed by atoms with E-state index in [0.717, 1.165) is 11.2 Å². The maximum Gasteiger partial charge on any atom is 0.227 e. The molecule has 1 amide bonds. The molecule has 0 radical (unpaired) electrons. The number of hydrogen-bond donors (Lipinski definition) is 0. The number of carbonyl (C=O) groups is 2. The molecule has 100 valence electrons. The summed E-state index contributed by atoms with van der Waals surface area (Å²) in [4.78, 5) is 28.6. The summed E-state index contributed by atoms with van der Waals surface area (Å²) in [7, 11) is 1.69. The summed E-state index contributed by atoms with van der Waals surface area (Å²) in [6.07, 6.45) is 0.496. The van der Waals surface area contributed by atoms with Crippen molar-refractivity contribution < 1.29 is 14.0 Å². The molecule has 0 N–H and O–H groups in total. The maximum atomic E-state index is 11.9. The number of amides is 1. The summed E-state index contributed by atoms with van der Waals surface area (Å²) in [6.45, 7) is 3.26. The van der Waals surface area contributed by atoms with Gasteiger partial charge in [-0.25, -0.2) is 4.98 Å². The van der Waals surface area contributed by atoms with Gasteiger partial charge in [0, 0.05) is 32.5 Å². The molecular formula is C14H16N2O3. The smallest absolute Gasteiger partial charge is 0.227 e. The van der Waals surface area contributed by atoms with Crippen molar-refractivity contribution in [1.29, 1.82) is 0 Å². The molecule has 0 saturated heterocycles. The predicted molar refractivity (Wildman–Crippen MR) is 72.1 cm³/mol. The number of oxazole rings is 1. The molecule has 0 aliphatic rings. The topological polar surface area (TPSA) is 63.4 Å². The minimum Gasteiger partial charge on any atom is -0.441 e. The second kappa shape index (κ2) is 5.22. The number of anilines is 1. The van der Waals surface area contributed by atoms with Crippen LogP contribution in [-0.4, -0.2) is 23.7 Å². The van der Waals surface area contributed by atoms with E-state index in [1.807, 2.05) is 0 Å². The standard InChI is InChI=1S/C14H16N2O3/c1-9(17)4-7-14(18)16(3)11-5-6-13-12(8-11)15-10(2)19-13/h5-6,8H,4,7H2,1-3H3. The minimum absolute atomic E-state index is 0.0179. The van der Waals surface area contributed by atoms with E-state index in [9.17, 15) is 9.59 Å². The van der Waals surface area contributed by atoms with Gasteiger partial charge in [0.25, 0.3) is 0 Å². The van der Waals surface area contributed by atoms with E-state index in [0.29, 0.717) is 11.5 Å². The van der Waals surface area contributed by atoms with Crippen molar-refractivity contribution in [3.05, 3.63) is 24.1 Å². The van der Waals surface area contributed by atoms with Gasteiger partial charge in [-0.15, -0.1) is 0 Å². The van der Waals surface area contributed by atoms with Crippen LogP contribution in [-0.2, 0) is 9.59 Å². The fraction of sp³-hybridized carbons (Fsp3) is 0.357. The van der Waals surface area contributed by atoms with Crippen LogP contribution in [0.3, 0.4) is 0 Å². The van der Waals surface area contributed by atoms with Gasteiger partial charge in [0.2, 0.25) is 5.91 Å². The van der Waals surface area contributed by atoms with Crippen LogP contribution in [0, 0.1) is 6.92 Å². The van der Waals surface area contributed by atoms with Gasteiger partial charge >= 0.3 is 0 Å². The van der Waals surface area contributed by atoms with Crippen LogP contribution < -0.4 is 4.90 Å². The van der Waals surface area contributed by atoms with Gasteiger partial charge in [-0.2, -0.15) is 0 Å². The third-order valence-corrected chi connectivity index (χ3v) is 2.93. The van der Waals surface area contributed by atoms with Gasteiger partial charge in [-0.05, 0) is 25.1 Å². The van der Waals surface area contributed by atoms with Crippen molar-refractivity contribution in [2.75, 3.05) is 11.9 Å². The Morgan fingerprint density at radius 1 is 1.32 bits per heavy atom. The lowest BCUT2D eigenvalue weighted by atomic mass is 10.2. The minimum atomic E-state index is -0.0882. The van der Waals surface area contributed by atoms with Crippen LogP contribution in [0.5, 0.6) is 0 Å². The number of ketones is 1. The second-order valence-corrected chi connectivity index (χ2v) is 4.54. The summed E-state index contributed by atoms with van der Waals surface area (Å²) in [6, 6.07) is 5.40. The molecule has 0 unspecified atom stereocenters. The van der Waals surface area contributed by atoms with Crippen LogP contribution >= 0.6 is 0 Å². The molecule has 1 aromatic heterocycles. The van der Waals surface area contributed by atoms with Gasteiger partial charge < -0.3 is 14.1 Å². The quantitative estimate of drug-likeness (QED) is 0.847. The number of benzene rings is 1. The summed E-state index contributed by atoms with van der Waals surface area (Å²) in [5.41, 5.74) is 2.17. The lowest BCUT2D eigenvalue weighted by molar-refractivity contribution is -0.122. The van der Waals surface area contributed by atoms with Crippen molar-refractivity contribution in [2.45, 2.75) is 26.7 Å². The van der Waals surface area contributed by atoms with Crippen LogP contribution in [0.15, 0.2) is 22.6 Å². The monoisotopic (exact) mass is 260 g/mol. The number of carbonyl (C=O) groups excluding carboxylic acids is 2. The number of fused-ring (bicyclic) bond motifs is 1. The molecule has 0 spiro atoms. The summed E-state index contributed by atoms with van der Waals surface area (Å²) in [5.74, 6) is 0.525. The van der Waals surface area contributed by atoms with Crippen molar-refractivity contribution in [3.8, 4) is 0 Å². The summed E-state index contributed by atoms with van der Waals surface area (Å²) >= 11 is 0. The average Bonchev–Trinajstić information content (AvgIpc) is 2.73. The molecule has 5 heteroatoms. The van der Waals surface area contributed by atoms with Crippen LogP contribution in [0.25, 0.3) is 11.1 Å². The van der Waals surface area contributed by atoms with Crippen molar-refractivity contribution >= 4 is 28.5 Å². The Morgan fingerprint density at radius 3 is 2.74 bits per heavy atom. The van der Waals surface area contributed by atoms with E-state index in [1.165, 1.54) is 11.8 Å². The van der Waals surface area contributed by atoms with Gasteiger partial charge in [0.15, 0.2) is 11.5 Å². The van der Waals surface area contributed by atoms with Gasteiger partial charge in [-0.3, -0.25) is 4.79 Å². The summed E-state index contributed by atoms with van der Waals surface area (Å²) < 4.78 is 5.38. The van der Waals surface area contributed by atoms with E-state index in [4.69, 9.17) is 4.42 Å². The largest absolute Gasteiger partial charge is 0.441 e. The van der Waals surface area contributed by atoms with E-state index in [1.54, 1.807) is 32.2 Å².